The summed E-state index contributed by atoms with van der Waals surface area (Å²) in [5, 5.41) is 81.2. The van der Waals surface area contributed by atoms with Gasteiger partial charge in [-0.3, -0.25) is 4.79 Å². The second-order valence-corrected chi connectivity index (χ2v) is 10.1. The van der Waals surface area contributed by atoms with E-state index < -0.39 is 71.7 Å². The fourth-order valence-corrected chi connectivity index (χ4v) is 4.85. The van der Waals surface area contributed by atoms with Gasteiger partial charge in [0.25, 0.3) is 0 Å². The standard InChI is InChI=1S/C31H28O15/c1-42-28-19(38)10-17(36)24-18(37)11-21(43-29(24)28)25-15(34)3-2-4-20(25)44-31-30(27(41)26(40)22(12-32)45-31)46-23(39)8-6-13-5-7-14(33)16(35)9-13/h2-11,22,26-27,30-36,38,40-41H,12H2,1H3. The van der Waals surface area contributed by atoms with E-state index in [1.54, 1.807) is 0 Å². The van der Waals surface area contributed by atoms with Gasteiger partial charge in [-0.05, 0) is 35.9 Å². The number of aliphatic hydroxyl groups excluding tert-OH is 3. The average Bonchev–Trinajstić information content (AvgIpc) is 3.01. The summed E-state index contributed by atoms with van der Waals surface area (Å²) < 4.78 is 27.8. The molecule has 15 nitrogen and oxygen atoms in total. The lowest BCUT2D eigenvalue weighted by molar-refractivity contribution is -0.281. The fraction of sp³-hybridized carbons (Fsp3) is 0.226. The summed E-state index contributed by atoms with van der Waals surface area (Å²) in [5.41, 5.74) is -1.08. The van der Waals surface area contributed by atoms with Gasteiger partial charge in [0, 0.05) is 18.2 Å². The van der Waals surface area contributed by atoms with E-state index in [0.717, 1.165) is 18.2 Å². The molecule has 46 heavy (non-hydrogen) atoms. The molecule has 15 heteroatoms. The van der Waals surface area contributed by atoms with Crippen LogP contribution in [0.2, 0.25) is 0 Å². The molecule has 1 fully saturated rings. The smallest absolute Gasteiger partial charge is 0.331 e. The molecule has 0 bridgehead atoms. The predicted molar refractivity (Wildman–Crippen MR) is 157 cm³/mol. The highest BCUT2D eigenvalue weighted by atomic mass is 16.7. The zero-order chi connectivity index (χ0) is 33.3. The highest BCUT2D eigenvalue weighted by Gasteiger charge is 2.48. The third-order valence-electron chi connectivity index (χ3n) is 7.10. The minimum atomic E-state index is -1.85. The molecule has 2 heterocycles. The predicted octanol–water partition coefficient (Wildman–Crippen LogP) is 1.44. The van der Waals surface area contributed by atoms with Crippen molar-refractivity contribution in [1.82, 2.24) is 0 Å². The molecule has 0 amide bonds. The van der Waals surface area contributed by atoms with Crippen LogP contribution in [0.5, 0.6) is 40.2 Å². The molecule has 5 atom stereocenters. The molecule has 242 valence electrons. The molecule has 1 aromatic heterocycles. The van der Waals surface area contributed by atoms with Crippen LogP contribution in [0.4, 0.5) is 0 Å². The van der Waals surface area contributed by atoms with E-state index in [4.69, 9.17) is 23.4 Å². The Hall–Kier alpha value is -5.48. The number of hydrogen-bond donors (Lipinski definition) is 8. The van der Waals surface area contributed by atoms with Crippen molar-refractivity contribution in [1.29, 1.82) is 0 Å². The van der Waals surface area contributed by atoms with Crippen LogP contribution in [0, 0.1) is 0 Å². The molecule has 1 saturated heterocycles. The Morgan fingerprint density at radius 2 is 1.67 bits per heavy atom. The van der Waals surface area contributed by atoms with Gasteiger partial charge >= 0.3 is 5.97 Å². The quantitative estimate of drug-likeness (QED) is 0.0771. The van der Waals surface area contributed by atoms with Crippen LogP contribution in [0.25, 0.3) is 28.4 Å². The van der Waals surface area contributed by atoms with Crippen LogP contribution in [-0.2, 0) is 14.3 Å². The van der Waals surface area contributed by atoms with Crippen molar-refractivity contribution in [3.63, 3.8) is 0 Å². The molecule has 0 aliphatic carbocycles. The molecule has 4 aromatic rings. The number of esters is 1. The zero-order valence-corrected chi connectivity index (χ0v) is 23.8. The average molecular weight is 641 g/mol. The van der Waals surface area contributed by atoms with Gasteiger partial charge in [0.2, 0.25) is 12.0 Å². The number of carbonyl (C=O) groups is 1. The van der Waals surface area contributed by atoms with E-state index in [1.807, 2.05) is 0 Å². The monoisotopic (exact) mass is 640 g/mol. The van der Waals surface area contributed by atoms with Gasteiger partial charge < -0.3 is 64.2 Å². The van der Waals surface area contributed by atoms with E-state index in [9.17, 15) is 50.4 Å². The van der Waals surface area contributed by atoms with Gasteiger partial charge in [0.15, 0.2) is 34.4 Å². The van der Waals surface area contributed by atoms with Crippen LogP contribution >= 0.6 is 0 Å². The molecule has 0 spiro atoms. The van der Waals surface area contributed by atoms with Gasteiger partial charge in [-0.1, -0.05) is 12.1 Å². The van der Waals surface area contributed by atoms with E-state index in [2.05, 4.69) is 0 Å². The Morgan fingerprint density at radius 3 is 2.37 bits per heavy atom. The van der Waals surface area contributed by atoms with Crippen molar-refractivity contribution in [3.8, 4) is 51.6 Å². The van der Waals surface area contributed by atoms with Gasteiger partial charge in [-0.15, -0.1) is 0 Å². The SMILES string of the molecule is COc1c(O)cc(O)c2c(=O)cc(-c3c(O)cccc3OC3OC(CO)C(O)C(O)C3OC(=O)C=Cc3ccc(O)c(O)c3)oc12. The van der Waals surface area contributed by atoms with E-state index in [1.165, 1.54) is 49.6 Å². The second-order valence-electron chi connectivity index (χ2n) is 10.1. The first-order valence-corrected chi connectivity index (χ1v) is 13.5. The maximum atomic E-state index is 13.0. The summed E-state index contributed by atoms with van der Waals surface area (Å²) >= 11 is 0. The molecule has 5 unspecified atom stereocenters. The number of carbonyl (C=O) groups excluding carboxylic acids is 1. The lowest BCUT2D eigenvalue weighted by atomic mass is 9.99. The number of phenolic OH excluding ortho intramolecular Hbond substituents is 5. The van der Waals surface area contributed by atoms with Crippen LogP contribution in [0.1, 0.15) is 5.56 Å². The molecule has 0 saturated carbocycles. The maximum Gasteiger partial charge on any atom is 0.331 e. The van der Waals surface area contributed by atoms with Crippen LogP contribution in [0.15, 0.2) is 63.8 Å². The first-order valence-electron chi connectivity index (χ1n) is 13.5. The van der Waals surface area contributed by atoms with Crippen molar-refractivity contribution < 1.29 is 69.0 Å². The Balaban J connectivity index is 1.51. The molecule has 5 rings (SSSR count). The minimum Gasteiger partial charge on any atom is -0.507 e. The van der Waals surface area contributed by atoms with E-state index >= 15 is 0 Å². The summed E-state index contributed by atoms with van der Waals surface area (Å²) in [5.74, 6) is -4.33. The zero-order valence-electron chi connectivity index (χ0n) is 23.8. The molecular formula is C31H28O15. The van der Waals surface area contributed by atoms with Gasteiger partial charge in [0.05, 0.1) is 13.7 Å². The molecule has 1 aliphatic heterocycles. The number of phenols is 5. The lowest BCUT2D eigenvalue weighted by Gasteiger charge is -2.41. The number of hydrogen-bond acceptors (Lipinski definition) is 15. The summed E-state index contributed by atoms with van der Waals surface area (Å²) in [6, 6.07) is 9.47. The topological polar surface area (TPSA) is 246 Å². The van der Waals surface area contributed by atoms with Crippen LogP contribution < -0.4 is 14.9 Å². The fourth-order valence-electron chi connectivity index (χ4n) is 4.85. The van der Waals surface area contributed by atoms with Crippen molar-refractivity contribution in [2.75, 3.05) is 13.7 Å². The normalized spacial score (nSPS) is 21.3. The number of aliphatic hydroxyl groups is 3. The molecule has 3 aromatic carbocycles. The lowest BCUT2D eigenvalue weighted by Crippen LogP contribution is -2.61. The summed E-state index contributed by atoms with van der Waals surface area (Å²) in [6.07, 6.45) is -6.26. The van der Waals surface area contributed by atoms with Gasteiger partial charge in [-0.2, -0.15) is 0 Å². The first kappa shape index (κ1) is 31.9. The Labute approximate surface area is 258 Å². The Bertz CT molecular complexity index is 1860. The summed E-state index contributed by atoms with van der Waals surface area (Å²) in [6.45, 7) is -0.776. The maximum absolute atomic E-state index is 13.0. The van der Waals surface area contributed by atoms with Crippen molar-refractivity contribution in [2.24, 2.45) is 0 Å². The second kappa shape index (κ2) is 12.9. The number of ether oxygens (including phenoxy) is 4. The number of aromatic hydroxyl groups is 5. The Kier molecular flexibility index (Phi) is 8.93. The third-order valence-corrected chi connectivity index (χ3v) is 7.10. The highest BCUT2D eigenvalue weighted by Crippen LogP contribution is 2.44. The number of benzene rings is 3. The molecule has 8 N–H and O–H groups in total. The third kappa shape index (κ3) is 6.07. The largest absolute Gasteiger partial charge is 0.507 e. The number of methoxy groups -OCH3 is 1. The summed E-state index contributed by atoms with van der Waals surface area (Å²) in [4.78, 5) is 25.8. The van der Waals surface area contributed by atoms with E-state index in [0.29, 0.717) is 5.56 Å². The number of rotatable bonds is 8. The van der Waals surface area contributed by atoms with Crippen molar-refractivity contribution >= 4 is 23.0 Å². The highest BCUT2D eigenvalue weighted by molar-refractivity contribution is 5.92. The number of fused-ring (bicyclic) bond motifs is 1. The van der Waals surface area contributed by atoms with Gasteiger partial charge in [0.1, 0.15) is 52.3 Å². The molecule has 1 aliphatic rings. The summed E-state index contributed by atoms with van der Waals surface area (Å²) in [7, 11) is 1.19. The Morgan fingerprint density at radius 1 is 0.913 bits per heavy atom. The molecule has 0 radical (unpaired) electrons. The van der Waals surface area contributed by atoms with Gasteiger partial charge in [-0.25, -0.2) is 4.79 Å². The first-order chi connectivity index (χ1) is 21.9. The van der Waals surface area contributed by atoms with E-state index in [-0.39, 0.29) is 39.5 Å². The van der Waals surface area contributed by atoms with Crippen molar-refractivity contribution in [2.45, 2.75) is 30.7 Å². The van der Waals surface area contributed by atoms with Crippen LogP contribution in [0.3, 0.4) is 0 Å². The van der Waals surface area contributed by atoms with Crippen LogP contribution in [-0.4, -0.2) is 91.2 Å². The minimum absolute atomic E-state index is 0.242. The van der Waals surface area contributed by atoms with Crippen molar-refractivity contribution in [3.05, 3.63) is 70.4 Å². The molecular weight excluding hydrogens is 612 g/mol.